The fourth-order valence-corrected chi connectivity index (χ4v) is 5.87. The van der Waals surface area contributed by atoms with Gasteiger partial charge in [-0.1, -0.05) is 18.2 Å². The molecule has 3 heterocycles. The highest BCUT2D eigenvalue weighted by Gasteiger charge is 2.32. The van der Waals surface area contributed by atoms with Crippen LogP contribution in [0.15, 0.2) is 64.5 Å². The van der Waals surface area contributed by atoms with Gasteiger partial charge >= 0.3 is 6.18 Å². The molecule has 0 aliphatic carbocycles. The van der Waals surface area contributed by atoms with Gasteiger partial charge < -0.3 is 9.88 Å². The summed E-state index contributed by atoms with van der Waals surface area (Å²) < 4.78 is 70.5. The molecule has 2 aromatic heterocycles. The molecule has 6 nitrogen and oxygen atoms in total. The maximum Gasteiger partial charge on any atom is 0.416 e. The fraction of sp³-hybridized carbons (Fsp3) is 0.208. The fourth-order valence-electron chi connectivity index (χ4n) is 4.29. The molecule has 4 aromatic rings. The Labute approximate surface area is 204 Å². The molecule has 0 radical (unpaired) electrons. The number of alkyl halides is 3. The van der Waals surface area contributed by atoms with E-state index in [0.29, 0.717) is 36.2 Å². The van der Waals surface area contributed by atoms with Gasteiger partial charge in [0.1, 0.15) is 0 Å². The summed E-state index contributed by atoms with van der Waals surface area (Å²) in [6, 6.07) is 8.55. The van der Waals surface area contributed by atoms with Crippen molar-refractivity contribution in [2.75, 3.05) is 17.8 Å². The predicted octanol–water partition coefficient (Wildman–Crippen LogP) is 5.50. The van der Waals surface area contributed by atoms with Crippen LogP contribution in [0.1, 0.15) is 17.5 Å². The van der Waals surface area contributed by atoms with Crippen LogP contribution in [-0.2, 0) is 23.2 Å². The summed E-state index contributed by atoms with van der Waals surface area (Å²) in [6.45, 7) is 1.28. The summed E-state index contributed by atoms with van der Waals surface area (Å²) >= 11 is 1.28. The molecule has 0 fully saturated rings. The summed E-state index contributed by atoms with van der Waals surface area (Å²) in [5.41, 5.74) is 4.28. The Kier molecular flexibility index (Phi) is 5.94. The zero-order valence-electron chi connectivity index (χ0n) is 18.6. The normalized spacial score (nSPS) is 14.8. The second-order valence-corrected chi connectivity index (χ2v) is 10.7. The van der Waals surface area contributed by atoms with E-state index in [1.165, 1.54) is 35.0 Å². The second-order valence-electron chi connectivity index (χ2n) is 8.25. The van der Waals surface area contributed by atoms with Gasteiger partial charge in [0, 0.05) is 41.6 Å². The number of nitrogens with one attached hydrogen (secondary N) is 2. The summed E-state index contributed by atoms with van der Waals surface area (Å²) in [4.78, 5) is 4.03. The maximum absolute atomic E-state index is 13.5. The molecule has 0 unspecified atom stereocenters. The highest BCUT2D eigenvalue weighted by Crippen LogP contribution is 2.40. The van der Waals surface area contributed by atoms with Gasteiger partial charge in [-0.15, -0.1) is 11.3 Å². The lowest BCUT2D eigenvalue weighted by molar-refractivity contribution is -0.137. The minimum atomic E-state index is -4.45. The second kappa shape index (κ2) is 8.81. The number of hydrogen-bond acceptors (Lipinski definition) is 5. The van der Waals surface area contributed by atoms with E-state index in [1.807, 2.05) is 12.3 Å². The molecule has 1 aliphatic rings. The number of anilines is 1. The lowest BCUT2D eigenvalue weighted by Gasteiger charge is -2.19. The lowest BCUT2D eigenvalue weighted by Crippen LogP contribution is -2.20. The number of nitrogens with zero attached hydrogens (tertiary/aromatic N) is 2. The zero-order chi connectivity index (χ0) is 24.8. The van der Waals surface area contributed by atoms with Gasteiger partial charge in [0.15, 0.2) is 5.82 Å². The maximum atomic E-state index is 13.5. The largest absolute Gasteiger partial charge is 0.416 e. The van der Waals surface area contributed by atoms with Gasteiger partial charge in [0.2, 0.25) is 0 Å². The van der Waals surface area contributed by atoms with Crippen LogP contribution in [0.25, 0.3) is 27.6 Å². The number of benzene rings is 2. The van der Waals surface area contributed by atoms with Crippen molar-refractivity contribution in [1.82, 2.24) is 14.9 Å². The quantitative estimate of drug-likeness (QED) is 0.366. The Morgan fingerprint density at radius 2 is 1.94 bits per heavy atom. The third kappa shape index (κ3) is 4.58. The van der Waals surface area contributed by atoms with Crippen LogP contribution in [0, 0.1) is 0 Å². The molecule has 0 bridgehead atoms. The first-order valence-electron chi connectivity index (χ1n) is 10.8. The van der Waals surface area contributed by atoms with Gasteiger partial charge in [-0.2, -0.15) is 13.2 Å². The first-order valence-corrected chi connectivity index (χ1v) is 13.2. The van der Waals surface area contributed by atoms with Crippen LogP contribution in [0.2, 0.25) is 0 Å². The van der Waals surface area contributed by atoms with E-state index in [2.05, 4.69) is 15.0 Å². The molecule has 2 N–H and O–H groups in total. The lowest BCUT2D eigenvalue weighted by atomic mass is 9.90. The molecule has 0 amide bonds. The van der Waals surface area contributed by atoms with Crippen LogP contribution in [-0.4, -0.2) is 31.1 Å². The molecule has 182 valence electrons. The molecule has 0 saturated heterocycles. The molecule has 0 saturated carbocycles. The van der Waals surface area contributed by atoms with E-state index in [0.717, 1.165) is 22.6 Å². The van der Waals surface area contributed by atoms with Gasteiger partial charge in [0.25, 0.3) is 10.0 Å². The van der Waals surface area contributed by atoms with Gasteiger partial charge in [-0.05, 0) is 53.9 Å². The molecule has 0 spiro atoms. The molecular formula is C24H21F3N4O2S2. The number of aromatic nitrogens is 2. The Morgan fingerprint density at radius 1 is 1.11 bits per heavy atom. The van der Waals surface area contributed by atoms with E-state index in [1.54, 1.807) is 29.1 Å². The van der Waals surface area contributed by atoms with Crippen molar-refractivity contribution in [3.63, 3.8) is 0 Å². The van der Waals surface area contributed by atoms with Crippen molar-refractivity contribution in [3.8, 4) is 11.1 Å². The predicted molar refractivity (Wildman–Crippen MR) is 132 cm³/mol. The Morgan fingerprint density at radius 3 is 2.63 bits per heavy atom. The van der Waals surface area contributed by atoms with E-state index < -0.39 is 21.8 Å². The number of rotatable bonds is 5. The van der Waals surface area contributed by atoms with Crippen LogP contribution < -0.4 is 10.0 Å². The Balaban J connectivity index is 1.63. The number of sulfonamides is 1. The molecule has 5 rings (SSSR count). The molecule has 0 atom stereocenters. The van der Waals surface area contributed by atoms with Crippen molar-refractivity contribution in [2.45, 2.75) is 17.5 Å². The van der Waals surface area contributed by atoms with Gasteiger partial charge in [0.05, 0.1) is 16.0 Å². The van der Waals surface area contributed by atoms with Crippen molar-refractivity contribution in [3.05, 3.63) is 70.7 Å². The first kappa shape index (κ1) is 23.6. The summed E-state index contributed by atoms with van der Waals surface area (Å²) in [5, 5.41) is 5.53. The third-order valence-corrected chi connectivity index (χ3v) is 7.93. The van der Waals surface area contributed by atoms with Crippen molar-refractivity contribution < 1.29 is 21.6 Å². The average molecular weight is 519 g/mol. The molecule has 11 heteroatoms. The standard InChI is InChI=1S/C24H21F3N4O2S2/c1-31-12-21(18-4-2-16(24(25,26)27)10-20(18)15-6-8-28-9-7-15)19-5-3-17(11-22(19)31)35(32,33)30-23-13-34-14-29-23/h2-6,10-14,28,30H,7-9H2,1H3. The van der Waals surface area contributed by atoms with Crippen molar-refractivity contribution in [1.29, 1.82) is 0 Å². The number of aryl methyl sites for hydroxylation is 1. The molecule has 35 heavy (non-hydrogen) atoms. The third-order valence-electron chi connectivity index (χ3n) is 5.99. The van der Waals surface area contributed by atoms with Crippen LogP contribution in [0.3, 0.4) is 0 Å². The Hall–Kier alpha value is -3.15. The summed E-state index contributed by atoms with van der Waals surface area (Å²) in [7, 11) is -2.07. The number of thiazole rings is 1. The molecule has 1 aliphatic heterocycles. The zero-order valence-corrected chi connectivity index (χ0v) is 20.2. The highest BCUT2D eigenvalue weighted by molar-refractivity contribution is 7.92. The van der Waals surface area contributed by atoms with Gasteiger partial charge in [-0.3, -0.25) is 4.72 Å². The van der Waals surface area contributed by atoms with E-state index in [-0.39, 0.29) is 10.7 Å². The molecular weight excluding hydrogens is 497 g/mol. The summed E-state index contributed by atoms with van der Waals surface area (Å²) in [6.07, 6.45) is -0.0953. The van der Waals surface area contributed by atoms with Gasteiger partial charge in [-0.25, -0.2) is 13.4 Å². The van der Waals surface area contributed by atoms with Crippen LogP contribution in [0.5, 0.6) is 0 Å². The van der Waals surface area contributed by atoms with E-state index in [4.69, 9.17) is 0 Å². The Bertz CT molecular complexity index is 1540. The van der Waals surface area contributed by atoms with Crippen molar-refractivity contribution in [2.24, 2.45) is 7.05 Å². The minimum absolute atomic E-state index is 0.0689. The summed E-state index contributed by atoms with van der Waals surface area (Å²) in [5.74, 6) is 0.243. The van der Waals surface area contributed by atoms with Crippen LogP contribution >= 0.6 is 11.3 Å². The smallest absolute Gasteiger partial charge is 0.350 e. The number of halogens is 3. The topological polar surface area (TPSA) is 76.0 Å². The van der Waals surface area contributed by atoms with E-state index >= 15 is 0 Å². The SMILES string of the molecule is Cn1cc(-c2ccc(C(F)(F)F)cc2C2=CCNCC2)c2ccc(S(=O)(=O)Nc3cscn3)cc21. The van der Waals surface area contributed by atoms with E-state index in [9.17, 15) is 21.6 Å². The first-order chi connectivity index (χ1) is 16.6. The van der Waals surface area contributed by atoms with Crippen LogP contribution in [0.4, 0.5) is 19.0 Å². The monoisotopic (exact) mass is 518 g/mol. The number of hydrogen-bond donors (Lipinski definition) is 2. The number of fused-ring (bicyclic) bond motifs is 1. The minimum Gasteiger partial charge on any atom is -0.350 e. The highest BCUT2D eigenvalue weighted by atomic mass is 32.2. The van der Waals surface area contributed by atoms with Crippen molar-refractivity contribution >= 4 is 43.7 Å². The molecule has 2 aromatic carbocycles. The average Bonchev–Trinajstić information content (AvgIpc) is 3.45.